The third kappa shape index (κ3) is 5.19. The zero-order valence-electron chi connectivity index (χ0n) is 20.6. The van der Waals surface area contributed by atoms with Gasteiger partial charge in [-0.15, -0.1) is 0 Å². The van der Waals surface area contributed by atoms with E-state index in [1.165, 1.54) is 16.7 Å². The van der Waals surface area contributed by atoms with Crippen LogP contribution in [0.3, 0.4) is 0 Å². The molecule has 2 aromatic carbocycles. The lowest BCUT2D eigenvalue weighted by Gasteiger charge is -2.35. The molecule has 6 heteroatoms. The number of anilines is 1. The Bertz CT molecular complexity index is 1090. The number of phenols is 1. The molecule has 1 aromatic heterocycles. The van der Waals surface area contributed by atoms with Crippen LogP contribution in [0.4, 0.5) is 5.95 Å². The monoisotopic (exact) mass is 473 g/mol. The molecule has 2 aliphatic rings. The molecule has 1 aliphatic heterocycles. The Balaban J connectivity index is 1.35. The number of benzene rings is 2. The molecule has 1 saturated heterocycles. The SMILES string of the molecule is COC(CC1CCN(c2ncc([C@H]3c4ccc(O)cc4CC[C@H]3c3ccccc3)cn2)CC1)OC. The van der Waals surface area contributed by atoms with E-state index < -0.39 is 0 Å². The van der Waals surface area contributed by atoms with Crippen molar-refractivity contribution >= 4 is 5.95 Å². The molecule has 2 heterocycles. The van der Waals surface area contributed by atoms with Crippen LogP contribution in [0, 0.1) is 5.92 Å². The third-order valence-corrected chi connectivity index (χ3v) is 7.78. The zero-order chi connectivity index (χ0) is 24.2. The Kier molecular flexibility index (Phi) is 7.30. The normalized spacial score (nSPS) is 20.7. The molecule has 0 spiro atoms. The predicted octanol–water partition coefficient (Wildman–Crippen LogP) is 5.27. The Morgan fingerprint density at radius 3 is 2.34 bits per heavy atom. The van der Waals surface area contributed by atoms with Gasteiger partial charge in [-0.2, -0.15) is 0 Å². The minimum absolute atomic E-state index is 0.125. The molecule has 1 aliphatic carbocycles. The average Bonchev–Trinajstić information content (AvgIpc) is 2.92. The Hall–Kier alpha value is -2.96. The number of aryl methyl sites for hydroxylation is 1. The quantitative estimate of drug-likeness (QED) is 0.472. The van der Waals surface area contributed by atoms with Crippen molar-refractivity contribution in [2.75, 3.05) is 32.2 Å². The first-order chi connectivity index (χ1) is 17.2. The number of aromatic hydroxyl groups is 1. The van der Waals surface area contributed by atoms with Crippen molar-refractivity contribution in [3.05, 3.63) is 83.2 Å². The smallest absolute Gasteiger partial charge is 0.225 e. The van der Waals surface area contributed by atoms with E-state index >= 15 is 0 Å². The highest BCUT2D eigenvalue weighted by Gasteiger charge is 2.33. The summed E-state index contributed by atoms with van der Waals surface area (Å²) in [6.45, 7) is 1.89. The van der Waals surface area contributed by atoms with Gasteiger partial charge in [-0.05, 0) is 71.9 Å². The lowest BCUT2D eigenvalue weighted by atomic mass is 9.70. The van der Waals surface area contributed by atoms with Crippen molar-refractivity contribution < 1.29 is 14.6 Å². The van der Waals surface area contributed by atoms with Gasteiger partial charge in [-0.1, -0.05) is 36.4 Å². The van der Waals surface area contributed by atoms with Crippen molar-refractivity contribution in [2.24, 2.45) is 5.92 Å². The Morgan fingerprint density at radius 2 is 1.66 bits per heavy atom. The number of hydrogen-bond donors (Lipinski definition) is 1. The zero-order valence-corrected chi connectivity index (χ0v) is 20.6. The molecule has 6 nitrogen and oxygen atoms in total. The summed E-state index contributed by atoms with van der Waals surface area (Å²) in [5.74, 6) is 2.25. The highest BCUT2D eigenvalue weighted by atomic mass is 16.7. The summed E-state index contributed by atoms with van der Waals surface area (Å²) >= 11 is 0. The Labute approximate surface area is 207 Å². The first-order valence-corrected chi connectivity index (χ1v) is 12.7. The number of rotatable bonds is 7. The molecule has 0 radical (unpaired) electrons. The number of ether oxygens (including phenoxy) is 2. The van der Waals surface area contributed by atoms with Crippen molar-refractivity contribution in [3.8, 4) is 5.75 Å². The van der Waals surface area contributed by atoms with Crippen molar-refractivity contribution in [1.82, 2.24) is 9.97 Å². The van der Waals surface area contributed by atoms with Crippen molar-refractivity contribution in [1.29, 1.82) is 0 Å². The third-order valence-electron chi connectivity index (χ3n) is 7.78. The number of fused-ring (bicyclic) bond motifs is 1. The molecule has 184 valence electrons. The van der Waals surface area contributed by atoms with Gasteiger partial charge < -0.3 is 19.5 Å². The highest BCUT2D eigenvalue weighted by Crippen LogP contribution is 2.46. The number of piperidine rings is 1. The van der Waals surface area contributed by atoms with Crippen molar-refractivity contribution in [2.45, 2.75) is 50.2 Å². The summed E-state index contributed by atoms with van der Waals surface area (Å²) < 4.78 is 10.8. The lowest BCUT2D eigenvalue weighted by molar-refractivity contribution is -0.115. The second-order valence-electron chi connectivity index (χ2n) is 9.80. The molecule has 0 amide bonds. The minimum atomic E-state index is -0.125. The van der Waals surface area contributed by atoms with E-state index in [1.807, 2.05) is 18.5 Å². The van der Waals surface area contributed by atoms with Gasteiger partial charge in [-0.25, -0.2) is 9.97 Å². The van der Waals surface area contributed by atoms with E-state index in [1.54, 1.807) is 20.3 Å². The van der Waals surface area contributed by atoms with Gasteiger partial charge in [0.1, 0.15) is 5.75 Å². The average molecular weight is 474 g/mol. The Morgan fingerprint density at radius 1 is 0.943 bits per heavy atom. The molecular formula is C29H35N3O3. The van der Waals surface area contributed by atoms with Crippen LogP contribution in [0.15, 0.2) is 60.9 Å². The first-order valence-electron chi connectivity index (χ1n) is 12.7. The topological polar surface area (TPSA) is 67.7 Å². The predicted molar refractivity (Wildman–Crippen MR) is 137 cm³/mol. The van der Waals surface area contributed by atoms with Gasteiger partial charge in [0, 0.05) is 52.0 Å². The second kappa shape index (κ2) is 10.8. The van der Waals surface area contributed by atoms with Crippen LogP contribution in [0.1, 0.15) is 59.8 Å². The molecular weight excluding hydrogens is 438 g/mol. The standard InChI is InChI=1S/C29H35N3O3/c1-34-27(35-2)16-20-12-14-32(15-13-20)29-30-18-23(19-31-29)28-25(21-6-4-3-5-7-21)10-8-22-17-24(33)9-11-26(22)28/h3-7,9,11,17-20,25,27-28,33H,8,10,12-16H2,1-2H3/t25-,28+/m0/s1. The lowest BCUT2D eigenvalue weighted by Crippen LogP contribution is -2.36. The van der Waals surface area contributed by atoms with Gasteiger partial charge in [0.15, 0.2) is 6.29 Å². The molecule has 35 heavy (non-hydrogen) atoms. The first kappa shape index (κ1) is 23.8. The van der Waals surface area contributed by atoms with Crippen molar-refractivity contribution in [3.63, 3.8) is 0 Å². The summed E-state index contributed by atoms with van der Waals surface area (Å²) in [5, 5.41) is 10.1. The van der Waals surface area contributed by atoms with E-state index in [0.717, 1.165) is 56.7 Å². The van der Waals surface area contributed by atoms with E-state index in [9.17, 15) is 5.11 Å². The molecule has 3 aromatic rings. The van der Waals surface area contributed by atoms with Crippen LogP contribution < -0.4 is 4.90 Å². The number of phenolic OH excluding ortho intramolecular Hbond substituents is 1. The van der Waals surface area contributed by atoms with Gasteiger partial charge in [-0.3, -0.25) is 0 Å². The fraction of sp³-hybridized carbons (Fsp3) is 0.448. The van der Waals surface area contributed by atoms with E-state index in [4.69, 9.17) is 19.4 Å². The fourth-order valence-electron chi connectivity index (χ4n) is 5.86. The summed E-state index contributed by atoms with van der Waals surface area (Å²) in [6, 6.07) is 16.5. The number of aromatic nitrogens is 2. The van der Waals surface area contributed by atoms with E-state index in [-0.39, 0.29) is 12.2 Å². The van der Waals surface area contributed by atoms with Crippen LogP contribution in [-0.2, 0) is 15.9 Å². The molecule has 5 rings (SSSR count). The van der Waals surface area contributed by atoms with Crippen LogP contribution in [-0.4, -0.2) is 48.7 Å². The summed E-state index contributed by atoms with van der Waals surface area (Å²) in [4.78, 5) is 11.9. The van der Waals surface area contributed by atoms with Gasteiger partial charge in [0.2, 0.25) is 5.95 Å². The fourth-order valence-corrected chi connectivity index (χ4v) is 5.86. The number of methoxy groups -OCH3 is 2. The van der Waals surface area contributed by atoms with Crippen LogP contribution in [0.25, 0.3) is 0 Å². The van der Waals surface area contributed by atoms with E-state index in [2.05, 4.69) is 41.3 Å². The van der Waals surface area contributed by atoms with Gasteiger partial charge >= 0.3 is 0 Å². The number of nitrogens with zero attached hydrogens (tertiary/aromatic N) is 3. The molecule has 0 saturated carbocycles. The molecule has 0 bridgehead atoms. The maximum Gasteiger partial charge on any atom is 0.225 e. The maximum absolute atomic E-state index is 10.1. The van der Waals surface area contributed by atoms with Gasteiger partial charge in [0.05, 0.1) is 0 Å². The highest BCUT2D eigenvalue weighted by molar-refractivity contribution is 5.47. The van der Waals surface area contributed by atoms with Gasteiger partial charge in [0.25, 0.3) is 0 Å². The number of hydrogen-bond acceptors (Lipinski definition) is 6. The largest absolute Gasteiger partial charge is 0.508 e. The maximum atomic E-state index is 10.1. The van der Waals surface area contributed by atoms with Crippen LogP contribution >= 0.6 is 0 Å². The van der Waals surface area contributed by atoms with E-state index in [0.29, 0.717) is 17.6 Å². The molecule has 2 atom stereocenters. The minimum Gasteiger partial charge on any atom is -0.508 e. The summed E-state index contributed by atoms with van der Waals surface area (Å²) in [6.07, 6.45) is 9.00. The second-order valence-corrected chi connectivity index (χ2v) is 9.80. The van der Waals surface area contributed by atoms with Crippen LogP contribution in [0.2, 0.25) is 0 Å². The summed E-state index contributed by atoms with van der Waals surface area (Å²) in [5.41, 5.74) is 4.96. The molecule has 1 fully saturated rings. The molecule has 1 N–H and O–H groups in total. The molecule has 0 unspecified atom stereocenters. The summed E-state index contributed by atoms with van der Waals surface area (Å²) in [7, 11) is 3.41. The van der Waals surface area contributed by atoms with Crippen LogP contribution in [0.5, 0.6) is 5.75 Å².